The quantitative estimate of drug-likeness (QED) is 0.833. The maximum absolute atomic E-state index is 12.7. The van der Waals surface area contributed by atoms with Gasteiger partial charge in [0.1, 0.15) is 5.82 Å². The molecule has 0 aliphatic carbocycles. The molecule has 0 saturated carbocycles. The van der Waals surface area contributed by atoms with Gasteiger partial charge in [0.25, 0.3) is 10.0 Å². The van der Waals surface area contributed by atoms with Gasteiger partial charge in [0, 0.05) is 51.5 Å². The molecule has 0 radical (unpaired) electrons. The molecule has 3 heterocycles. The summed E-state index contributed by atoms with van der Waals surface area (Å²) in [7, 11) is -3.46. The van der Waals surface area contributed by atoms with Crippen LogP contribution in [0, 0.1) is 6.92 Å². The monoisotopic (exact) mass is 363 g/mol. The fraction of sp³-hybridized carbons (Fsp3) is 0.786. The van der Waals surface area contributed by atoms with Gasteiger partial charge in [-0.15, -0.1) is 12.4 Å². The average Bonchev–Trinajstić information content (AvgIpc) is 3.17. The standard InChI is InChI=1S/C14H25N5O2S.ClH/c1-3-17-11-14(16-12(17)2)22(20,21)19-8-6-18(7-9-19)13-4-5-15-10-13;/h11,13,15H,3-10H2,1-2H3;1H. The van der Waals surface area contributed by atoms with Crippen LogP contribution in [0.25, 0.3) is 0 Å². The highest BCUT2D eigenvalue weighted by Gasteiger charge is 2.33. The predicted octanol–water partition coefficient (Wildman–Crippen LogP) is 0.301. The van der Waals surface area contributed by atoms with Crippen LogP contribution in [-0.2, 0) is 16.6 Å². The highest BCUT2D eigenvalue weighted by Crippen LogP contribution is 2.19. The van der Waals surface area contributed by atoms with Gasteiger partial charge in [0.05, 0.1) is 0 Å². The first-order valence-electron chi connectivity index (χ1n) is 8.01. The van der Waals surface area contributed by atoms with Crippen molar-refractivity contribution in [2.45, 2.75) is 37.9 Å². The molecule has 9 heteroatoms. The number of rotatable bonds is 4. The van der Waals surface area contributed by atoms with Crippen LogP contribution in [0.2, 0.25) is 0 Å². The summed E-state index contributed by atoms with van der Waals surface area (Å²) in [5.41, 5.74) is 0. The first-order valence-corrected chi connectivity index (χ1v) is 9.45. The van der Waals surface area contributed by atoms with Crippen LogP contribution in [0.15, 0.2) is 11.2 Å². The molecule has 0 amide bonds. The van der Waals surface area contributed by atoms with Crippen molar-refractivity contribution in [3.8, 4) is 0 Å². The average molecular weight is 364 g/mol. The summed E-state index contributed by atoms with van der Waals surface area (Å²) >= 11 is 0. The van der Waals surface area contributed by atoms with Gasteiger partial charge in [-0.1, -0.05) is 0 Å². The van der Waals surface area contributed by atoms with E-state index in [1.54, 1.807) is 10.5 Å². The van der Waals surface area contributed by atoms with Gasteiger partial charge in [-0.05, 0) is 26.8 Å². The van der Waals surface area contributed by atoms with E-state index in [1.807, 2.05) is 18.4 Å². The summed E-state index contributed by atoms with van der Waals surface area (Å²) in [6.07, 6.45) is 2.81. The Kier molecular flexibility index (Phi) is 6.07. The van der Waals surface area contributed by atoms with Gasteiger partial charge >= 0.3 is 0 Å². The summed E-state index contributed by atoms with van der Waals surface area (Å²) in [6.45, 7) is 9.36. The molecule has 1 unspecified atom stereocenters. The first kappa shape index (κ1) is 18.7. The molecule has 2 aliphatic rings. The predicted molar refractivity (Wildman–Crippen MR) is 91.5 cm³/mol. The summed E-state index contributed by atoms with van der Waals surface area (Å²) in [4.78, 5) is 6.64. The Morgan fingerprint density at radius 3 is 2.52 bits per heavy atom. The van der Waals surface area contributed by atoms with E-state index >= 15 is 0 Å². The van der Waals surface area contributed by atoms with Gasteiger partial charge in [-0.3, -0.25) is 4.90 Å². The van der Waals surface area contributed by atoms with Gasteiger partial charge < -0.3 is 9.88 Å². The molecule has 132 valence electrons. The van der Waals surface area contributed by atoms with Crippen molar-refractivity contribution >= 4 is 22.4 Å². The molecule has 2 saturated heterocycles. The van der Waals surface area contributed by atoms with Crippen molar-refractivity contribution in [1.29, 1.82) is 0 Å². The van der Waals surface area contributed by atoms with E-state index in [2.05, 4.69) is 15.2 Å². The van der Waals surface area contributed by atoms with E-state index in [4.69, 9.17) is 0 Å². The third-order valence-corrected chi connectivity index (χ3v) is 6.49. The number of nitrogens with zero attached hydrogens (tertiary/aromatic N) is 4. The Labute approximate surface area is 144 Å². The van der Waals surface area contributed by atoms with Gasteiger partial charge in [-0.2, -0.15) is 4.31 Å². The highest BCUT2D eigenvalue weighted by molar-refractivity contribution is 7.89. The van der Waals surface area contributed by atoms with Crippen LogP contribution in [0.4, 0.5) is 0 Å². The number of nitrogens with one attached hydrogen (secondary N) is 1. The minimum absolute atomic E-state index is 0. The molecule has 1 aromatic heterocycles. The number of sulfonamides is 1. The van der Waals surface area contributed by atoms with Crippen LogP contribution in [0.1, 0.15) is 19.2 Å². The van der Waals surface area contributed by atoms with E-state index in [1.165, 1.54) is 0 Å². The minimum Gasteiger partial charge on any atom is -0.334 e. The molecular formula is C14H26ClN5O2S. The Morgan fingerprint density at radius 2 is 2.00 bits per heavy atom. The van der Waals surface area contributed by atoms with Gasteiger partial charge in [-0.25, -0.2) is 13.4 Å². The Hall–Kier alpha value is -0.670. The molecule has 1 aromatic rings. The summed E-state index contributed by atoms with van der Waals surface area (Å²) < 4.78 is 28.9. The van der Waals surface area contributed by atoms with Gasteiger partial charge in [0.2, 0.25) is 0 Å². The molecule has 1 atom stereocenters. The van der Waals surface area contributed by atoms with Crippen LogP contribution in [0.5, 0.6) is 0 Å². The number of aryl methyl sites for hydroxylation is 2. The minimum atomic E-state index is -3.46. The van der Waals surface area contributed by atoms with E-state index in [9.17, 15) is 8.42 Å². The number of imidazole rings is 1. The van der Waals surface area contributed by atoms with Crippen molar-refractivity contribution in [2.24, 2.45) is 0 Å². The molecule has 1 N–H and O–H groups in total. The summed E-state index contributed by atoms with van der Waals surface area (Å²) in [5, 5.41) is 3.55. The highest BCUT2D eigenvalue weighted by atomic mass is 35.5. The lowest BCUT2D eigenvalue weighted by molar-refractivity contribution is 0.145. The molecule has 2 aliphatic heterocycles. The number of hydrogen-bond acceptors (Lipinski definition) is 5. The van der Waals surface area contributed by atoms with Crippen molar-refractivity contribution in [2.75, 3.05) is 39.3 Å². The topological polar surface area (TPSA) is 70.5 Å². The van der Waals surface area contributed by atoms with Gasteiger partial charge in [0.15, 0.2) is 5.03 Å². The summed E-state index contributed by atoms with van der Waals surface area (Å²) in [5.74, 6) is 0.747. The number of piperazine rings is 1. The van der Waals surface area contributed by atoms with E-state index < -0.39 is 10.0 Å². The number of halogens is 1. The van der Waals surface area contributed by atoms with Crippen molar-refractivity contribution in [3.05, 3.63) is 12.0 Å². The molecule has 23 heavy (non-hydrogen) atoms. The first-order chi connectivity index (χ1) is 10.5. The molecule has 0 spiro atoms. The molecular weight excluding hydrogens is 338 g/mol. The zero-order valence-corrected chi connectivity index (χ0v) is 15.4. The van der Waals surface area contributed by atoms with Crippen LogP contribution < -0.4 is 5.32 Å². The van der Waals surface area contributed by atoms with Crippen LogP contribution in [0.3, 0.4) is 0 Å². The third kappa shape index (κ3) is 3.71. The van der Waals surface area contributed by atoms with Crippen molar-refractivity contribution in [1.82, 2.24) is 24.1 Å². The molecule has 0 bridgehead atoms. The number of aromatic nitrogens is 2. The maximum Gasteiger partial charge on any atom is 0.262 e. The number of hydrogen-bond donors (Lipinski definition) is 1. The lowest BCUT2D eigenvalue weighted by Gasteiger charge is -2.36. The lowest BCUT2D eigenvalue weighted by atomic mass is 10.2. The normalized spacial score (nSPS) is 23.8. The second kappa shape index (κ2) is 7.48. The molecule has 0 aromatic carbocycles. The van der Waals surface area contributed by atoms with E-state index in [0.29, 0.717) is 19.1 Å². The molecule has 2 fully saturated rings. The molecule has 7 nitrogen and oxygen atoms in total. The fourth-order valence-electron chi connectivity index (χ4n) is 3.32. The second-order valence-corrected chi connectivity index (χ2v) is 7.88. The second-order valence-electron chi connectivity index (χ2n) is 6.00. The Morgan fingerprint density at radius 1 is 1.30 bits per heavy atom. The molecule has 3 rings (SSSR count). The Bertz CT molecular complexity index is 619. The van der Waals surface area contributed by atoms with Crippen LogP contribution in [-0.4, -0.2) is 72.5 Å². The Balaban J connectivity index is 0.00000192. The zero-order valence-electron chi connectivity index (χ0n) is 13.7. The SMILES string of the molecule is CCn1cc(S(=O)(=O)N2CCN(C3CCNC3)CC2)nc1C.Cl. The lowest BCUT2D eigenvalue weighted by Crippen LogP contribution is -2.52. The van der Waals surface area contributed by atoms with Crippen LogP contribution >= 0.6 is 12.4 Å². The van der Waals surface area contributed by atoms with Crippen molar-refractivity contribution in [3.63, 3.8) is 0 Å². The zero-order chi connectivity index (χ0) is 15.7. The largest absolute Gasteiger partial charge is 0.334 e. The van der Waals surface area contributed by atoms with E-state index in [-0.39, 0.29) is 17.4 Å². The third-order valence-electron chi connectivity index (χ3n) is 4.72. The smallest absolute Gasteiger partial charge is 0.262 e. The van der Waals surface area contributed by atoms with Crippen molar-refractivity contribution < 1.29 is 8.42 Å². The maximum atomic E-state index is 12.7. The fourth-order valence-corrected chi connectivity index (χ4v) is 4.73. The van der Waals surface area contributed by atoms with E-state index in [0.717, 1.165) is 45.0 Å². The summed E-state index contributed by atoms with van der Waals surface area (Å²) in [6, 6.07) is 0.561.